The molecule has 0 saturated heterocycles. The van der Waals surface area contributed by atoms with E-state index < -0.39 is 45.7 Å². The molecule has 0 aliphatic rings. The van der Waals surface area contributed by atoms with E-state index in [2.05, 4.69) is 5.92 Å². The van der Waals surface area contributed by atoms with Crippen molar-refractivity contribution in [2.24, 2.45) is 11.3 Å². The second kappa shape index (κ2) is 12.9. The van der Waals surface area contributed by atoms with Crippen molar-refractivity contribution in [3.63, 3.8) is 0 Å². The van der Waals surface area contributed by atoms with Crippen LogP contribution in [0.1, 0.15) is 60.8 Å². The van der Waals surface area contributed by atoms with Crippen LogP contribution >= 0.6 is 34.8 Å². The fourth-order valence-corrected chi connectivity index (χ4v) is 2.93. The standard InChI is InChI=1S/C22H33Cl3O7/c1-9-10-14(2)15(31-19(28)30-13-22(23,24)25)11-16(26)21(6,7)17(29-8)12-18(27)32-20(3,4)5/h1,14-15,17H,10-13H2,2-8H3/t14-,15+,17-/m0/s1. The maximum atomic E-state index is 13.2. The van der Waals surface area contributed by atoms with E-state index in [4.69, 9.17) is 60.2 Å². The van der Waals surface area contributed by atoms with E-state index in [1.165, 1.54) is 7.11 Å². The number of ketones is 1. The monoisotopic (exact) mass is 514 g/mol. The Morgan fingerprint density at radius 2 is 1.59 bits per heavy atom. The van der Waals surface area contributed by atoms with Crippen molar-refractivity contribution in [2.75, 3.05) is 13.7 Å². The summed E-state index contributed by atoms with van der Waals surface area (Å²) in [4.78, 5) is 37.5. The normalized spacial score (nSPS) is 15.2. The molecule has 0 saturated carbocycles. The summed E-state index contributed by atoms with van der Waals surface area (Å²) in [5.41, 5.74) is -1.76. The number of esters is 1. The molecule has 10 heteroatoms. The van der Waals surface area contributed by atoms with Gasteiger partial charge in [-0.2, -0.15) is 0 Å². The number of ether oxygens (including phenoxy) is 4. The van der Waals surface area contributed by atoms with Gasteiger partial charge in [-0.15, -0.1) is 12.3 Å². The zero-order valence-electron chi connectivity index (χ0n) is 19.6. The van der Waals surface area contributed by atoms with Crippen LogP contribution in [-0.2, 0) is 28.5 Å². The SMILES string of the molecule is C#CC[C@H](C)[C@@H](CC(=O)C(C)(C)[C@H](CC(=O)OC(C)(C)C)OC)OC(=O)OCC(Cl)(Cl)Cl. The molecule has 184 valence electrons. The molecule has 0 fully saturated rings. The molecule has 0 rings (SSSR count). The molecule has 3 atom stereocenters. The molecule has 0 bridgehead atoms. The van der Waals surface area contributed by atoms with Gasteiger partial charge >= 0.3 is 12.1 Å². The molecule has 0 radical (unpaired) electrons. The Bertz CT molecular complexity index is 687. The number of methoxy groups -OCH3 is 1. The number of rotatable bonds is 11. The van der Waals surface area contributed by atoms with Crippen LogP contribution in [0.3, 0.4) is 0 Å². The second-order valence-electron chi connectivity index (χ2n) is 9.06. The van der Waals surface area contributed by atoms with Crippen LogP contribution in [0.15, 0.2) is 0 Å². The molecule has 0 spiro atoms. The average molecular weight is 516 g/mol. The molecule has 7 nitrogen and oxygen atoms in total. The van der Waals surface area contributed by atoms with Crippen LogP contribution in [0.2, 0.25) is 0 Å². The highest BCUT2D eigenvalue weighted by Gasteiger charge is 2.41. The summed E-state index contributed by atoms with van der Waals surface area (Å²) in [5.74, 6) is 1.34. The number of alkyl halides is 3. The summed E-state index contributed by atoms with van der Waals surface area (Å²) in [5, 5.41) is 0. The van der Waals surface area contributed by atoms with E-state index in [1.54, 1.807) is 41.5 Å². The van der Waals surface area contributed by atoms with Gasteiger partial charge in [0, 0.05) is 25.9 Å². The summed E-state index contributed by atoms with van der Waals surface area (Å²) in [6, 6.07) is 0. The molecule has 0 heterocycles. The quantitative estimate of drug-likeness (QED) is 0.210. The number of hydrogen-bond acceptors (Lipinski definition) is 7. The van der Waals surface area contributed by atoms with Gasteiger partial charge in [0.25, 0.3) is 0 Å². The Labute approximate surface area is 205 Å². The van der Waals surface area contributed by atoms with Crippen LogP contribution < -0.4 is 0 Å². The van der Waals surface area contributed by atoms with Crippen molar-refractivity contribution >= 4 is 52.7 Å². The molecule has 0 aromatic heterocycles. The number of carbonyl (C=O) groups excluding carboxylic acids is 3. The van der Waals surface area contributed by atoms with Crippen molar-refractivity contribution in [2.45, 2.75) is 82.4 Å². The predicted octanol–water partition coefficient (Wildman–Crippen LogP) is 5.27. The van der Waals surface area contributed by atoms with Crippen molar-refractivity contribution < 1.29 is 33.3 Å². The first kappa shape index (κ1) is 30.8. The summed E-state index contributed by atoms with van der Waals surface area (Å²) in [6.45, 7) is 9.77. The summed E-state index contributed by atoms with van der Waals surface area (Å²) in [6.07, 6.45) is 2.59. The first-order valence-electron chi connectivity index (χ1n) is 10.0. The lowest BCUT2D eigenvalue weighted by Gasteiger charge is -2.34. The smallest absolute Gasteiger partial charge is 0.460 e. The maximum Gasteiger partial charge on any atom is 0.508 e. The highest BCUT2D eigenvalue weighted by atomic mass is 35.6. The fraction of sp³-hybridized carbons (Fsp3) is 0.773. The van der Waals surface area contributed by atoms with E-state index in [0.717, 1.165) is 0 Å². The Balaban J connectivity index is 5.38. The van der Waals surface area contributed by atoms with E-state index in [0.29, 0.717) is 0 Å². The third-order valence-corrected chi connectivity index (χ3v) is 4.97. The molecule has 0 aliphatic carbocycles. The lowest BCUT2D eigenvalue weighted by molar-refractivity contribution is -0.161. The Kier molecular flexibility index (Phi) is 12.4. The summed E-state index contributed by atoms with van der Waals surface area (Å²) < 4.78 is 19.1. The minimum atomic E-state index is -1.80. The predicted molar refractivity (Wildman–Crippen MR) is 124 cm³/mol. The van der Waals surface area contributed by atoms with Crippen LogP contribution in [-0.4, -0.2) is 53.2 Å². The van der Waals surface area contributed by atoms with E-state index in [9.17, 15) is 14.4 Å². The van der Waals surface area contributed by atoms with Gasteiger partial charge in [0.2, 0.25) is 3.79 Å². The van der Waals surface area contributed by atoms with Gasteiger partial charge < -0.3 is 18.9 Å². The first-order valence-corrected chi connectivity index (χ1v) is 11.2. The third kappa shape index (κ3) is 12.2. The van der Waals surface area contributed by atoms with E-state index in [1.807, 2.05) is 0 Å². The van der Waals surface area contributed by atoms with Crippen molar-refractivity contribution in [1.29, 1.82) is 0 Å². The third-order valence-electron chi connectivity index (χ3n) is 4.64. The van der Waals surface area contributed by atoms with Crippen LogP contribution in [0, 0.1) is 23.7 Å². The molecule has 0 aromatic rings. The molecule has 32 heavy (non-hydrogen) atoms. The number of hydrogen-bond donors (Lipinski definition) is 0. The molecule has 0 aromatic carbocycles. The zero-order valence-corrected chi connectivity index (χ0v) is 21.9. The lowest BCUT2D eigenvalue weighted by atomic mass is 9.77. The van der Waals surface area contributed by atoms with Crippen molar-refractivity contribution in [3.8, 4) is 12.3 Å². The Morgan fingerprint density at radius 3 is 2.03 bits per heavy atom. The molecular formula is C22H33Cl3O7. The maximum absolute atomic E-state index is 13.2. The largest absolute Gasteiger partial charge is 0.508 e. The van der Waals surface area contributed by atoms with Gasteiger partial charge in [-0.25, -0.2) is 4.79 Å². The van der Waals surface area contributed by atoms with Crippen LogP contribution in [0.4, 0.5) is 4.79 Å². The lowest BCUT2D eigenvalue weighted by Crippen LogP contribution is -2.43. The fourth-order valence-electron chi connectivity index (χ4n) is 2.77. The Morgan fingerprint density at radius 1 is 1.03 bits per heavy atom. The van der Waals surface area contributed by atoms with Crippen LogP contribution in [0.25, 0.3) is 0 Å². The molecule has 0 N–H and O–H groups in total. The zero-order chi connectivity index (χ0) is 25.3. The molecule has 0 unspecified atom stereocenters. The minimum absolute atomic E-state index is 0.122. The second-order valence-corrected chi connectivity index (χ2v) is 11.6. The number of halogens is 3. The molecular weight excluding hydrogens is 483 g/mol. The van der Waals surface area contributed by atoms with Gasteiger partial charge in [-0.1, -0.05) is 55.6 Å². The highest BCUT2D eigenvalue weighted by molar-refractivity contribution is 6.67. The van der Waals surface area contributed by atoms with Gasteiger partial charge in [0.15, 0.2) is 0 Å². The number of carbonyl (C=O) groups is 3. The summed E-state index contributed by atoms with van der Waals surface area (Å²) in [7, 11) is 1.41. The average Bonchev–Trinajstić information content (AvgIpc) is 2.61. The van der Waals surface area contributed by atoms with Gasteiger partial charge in [0.05, 0.1) is 17.9 Å². The van der Waals surface area contributed by atoms with Crippen molar-refractivity contribution in [3.05, 3.63) is 0 Å². The highest BCUT2D eigenvalue weighted by Crippen LogP contribution is 2.32. The molecule has 0 aliphatic heterocycles. The number of Topliss-reactive ketones (excluding diaryl/α,β-unsaturated/α-hetero) is 1. The van der Waals surface area contributed by atoms with Gasteiger partial charge in [0.1, 0.15) is 24.1 Å². The van der Waals surface area contributed by atoms with E-state index >= 15 is 0 Å². The van der Waals surface area contributed by atoms with E-state index in [-0.39, 0.29) is 31.0 Å². The van der Waals surface area contributed by atoms with Gasteiger partial charge in [-0.05, 0) is 20.8 Å². The first-order chi connectivity index (χ1) is 14.4. The minimum Gasteiger partial charge on any atom is -0.460 e. The van der Waals surface area contributed by atoms with Crippen molar-refractivity contribution in [1.82, 2.24) is 0 Å². The number of terminal acetylenes is 1. The Hall–Kier alpha value is -1.20. The molecule has 0 amide bonds. The topological polar surface area (TPSA) is 88.1 Å². The summed E-state index contributed by atoms with van der Waals surface area (Å²) >= 11 is 16.7. The van der Waals surface area contributed by atoms with Crippen LogP contribution in [0.5, 0.6) is 0 Å². The van der Waals surface area contributed by atoms with Gasteiger partial charge in [-0.3, -0.25) is 9.59 Å².